The second-order valence-electron chi connectivity index (χ2n) is 3.26. The molecule has 0 heterocycles. The lowest BCUT2D eigenvalue weighted by Gasteiger charge is -2.06. The molecule has 0 saturated carbocycles. The average molecular weight is 235 g/mol. The molecule has 0 bridgehead atoms. The number of hydrogen-bond acceptors (Lipinski definition) is 3. The molecular weight excluding hydrogens is 228 g/mol. The number of carboxylic acid groups (broad SMARTS) is 1. The molecule has 0 aliphatic rings. The fraction of sp³-hybridized carbons (Fsp3) is 0. The normalized spacial score (nSPS) is 12.6. The third-order valence-electron chi connectivity index (χ3n) is 2.25. The first kappa shape index (κ1) is 10.8. The highest BCUT2D eigenvalue weighted by Crippen LogP contribution is 2.19. The molecule has 2 rings (SSSR count). The molecule has 0 amide bonds. The molecule has 2 aromatic rings. The molecule has 1 N–H and O–H groups in total. The number of carboxylic acids is 1. The van der Waals surface area contributed by atoms with Crippen LogP contribution >= 0.6 is 0 Å². The maximum Gasteiger partial charge on any atom is 0.335 e. The van der Waals surface area contributed by atoms with Crippen LogP contribution in [-0.2, 0) is 11.1 Å². The molecule has 2 aromatic carbocycles. The van der Waals surface area contributed by atoms with Crippen molar-refractivity contribution in [1.29, 1.82) is 0 Å². The highest BCUT2D eigenvalue weighted by Gasteiger charge is 2.04. The van der Waals surface area contributed by atoms with Gasteiger partial charge in [-0.15, -0.1) is 0 Å². The summed E-state index contributed by atoms with van der Waals surface area (Å²) in [4.78, 5) is 10.9. The number of carbonyl (C=O) groups is 1. The summed E-state index contributed by atoms with van der Waals surface area (Å²) in [7, 11) is 0. The van der Waals surface area contributed by atoms with Crippen molar-refractivity contribution in [1.82, 2.24) is 0 Å². The standard InChI is InChI=1S/C11H8O4S/c12-11(13)8-2-1-7-3-4-10(16(14)15)6-9(7)5-8/h1-6H,(H,12,13)(H,14,15)/p-1. The van der Waals surface area contributed by atoms with Gasteiger partial charge in [0.25, 0.3) is 0 Å². The number of fused-ring (bicyclic) bond motifs is 1. The molecule has 0 aromatic heterocycles. The molecule has 82 valence electrons. The van der Waals surface area contributed by atoms with Crippen molar-refractivity contribution < 1.29 is 18.7 Å². The number of hydrogen-bond donors (Lipinski definition) is 1. The molecule has 4 nitrogen and oxygen atoms in total. The van der Waals surface area contributed by atoms with Crippen LogP contribution in [0.2, 0.25) is 0 Å². The van der Waals surface area contributed by atoms with Gasteiger partial charge in [0.2, 0.25) is 0 Å². The largest absolute Gasteiger partial charge is 0.768 e. The van der Waals surface area contributed by atoms with Crippen LogP contribution in [0.5, 0.6) is 0 Å². The van der Waals surface area contributed by atoms with Gasteiger partial charge >= 0.3 is 5.97 Å². The van der Waals surface area contributed by atoms with Crippen LogP contribution in [0.15, 0.2) is 41.3 Å². The summed E-state index contributed by atoms with van der Waals surface area (Å²) in [5.41, 5.74) is 0.140. The Bertz CT molecular complexity index is 543. The Morgan fingerprint density at radius 1 is 1.12 bits per heavy atom. The van der Waals surface area contributed by atoms with Crippen LogP contribution < -0.4 is 0 Å². The predicted octanol–water partition coefficient (Wildman–Crippen LogP) is 1.78. The zero-order valence-electron chi connectivity index (χ0n) is 8.04. The lowest BCUT2D eigenvalue weighted by molar-refractivity contribution is 0.0697. The Hall–Kier alpha value is -1.72. The van der Waals surface area contributed by atoms with Gasteiger partial charge in [-0.1, -0.05) is 12.1 Å². The van der Waals surface area contributed by atoms with Crippen molar-refractivity contribution in [3.63, 3.8) is 0 Å². The highest BCUT2D eigenvalue weighted by molar-refractivity contribution is 7.79. The van der Waals surface area contributed by atoms with Gasteiger partial charge in [-0.2, -0.15) is 0 Å². The van der Waals surface area contributed by atoms with Crippen LogP contribution in [0.25, 0.3) is 10.8 Å². The fourth-order valence-electron chi connectivity index (χ4n) is 1.46. The Labute approximate surface area is 93.8 Å². The van der Waals surface area contributed by atoms with E-state index in [2.05, 4.69) is 0 Å². The monoisotopic (exact) mass is 235 g/mol. The molecule has 0 aliphatic carbocycles. The minimum Gasteiger partial charge on any atom is -0.768 e. The molecule has 0 aliphatic heterocycles. The first-order valence-electron chi connectivity index (χ1n) is 4.44. The molecule has 1 unspecified atom stereocenters. The third kappa shape index (κ3) is 1.95. The second kappa shape index (κ2) is 4.03. The van der Waals surface area contributed by atoms with E-state index in [0.29, 0.717) is 5.39 Å². The van der Waals surface area contributed by atoms with E-state index < -0.39 is 17.0 Å². The Kier molecular flexibility index (Phi) is 2.72. The van der Waals surface area contributed by atoms with E-state index in [1.807, 2.05) is 0 Å². The van der Waals surface area contributed by atoms with E-state index in [4.69, 9.17) is 5.11 Å². The van der Waals surface area contributed by atoms with Crippen molar-refractivity contribution in [3.05, 3.63) is 42.0 Å². The van der Waals surface area contributed by atoms with Crippen LogP contribution in [0.3, 0.4) is 0 Å². The van der Waals surface area contributed by atoms with Crippen LogP contribution in [0, 0.1) is 0 Å². The van der Waals surface area contributed by atoms with Crippen molar-refractivity contribution in [3.8, 4) is 0 Å². The Balaban J connectivity index is 2.65. The topological polar surface area (TPSA) is 77.4 Å². The molecule has 0 fully saturated rings. The van der Waals surface area contributed by atoms with Gasteiger partial charge in [0.15, 0.2) is 0 Å². The summed E-state index contributed by atoms with van der Waals surface area (Å²) in [5, 5.41) is 10.2. The van der Waals surface area contributed by atoms with E-state index in [1.165, 1.54) is 24.3 Å². The Morgan fingerprint density at radius 2 is 1.81 bits per heavy atom. The van der Waals surface area contributed by atoms with E-state index in [9.17, 15) is 13.6 Å². The van der Waals surface area contributed by atoms with Crippen LogP contribution in [0.4, 0.5) is 0 Å². The number of rotatable bonds is 2. The van der Waals surface area contributed by atoms with Gasteiger partial charge in [0.05, 0.1) is 5.56 Å². The van der Waals surface area contributed by atoms with Gasteiger partial charge in [0, 0.05) is 4.90 Å². The van der Waals surface area contributed by atoms with Crippen LogP contribution in [0.1, 0.15) is 10.4 Å². The predicted molar refractivity (Wildman–Crippen MR) is 58.1 cm³/mol. The number of benzene rings is 2. The van der Waals surface area contributed by atoms with E-state index in [0.717, 1.165) is 5.39 Å². The highest BCUT2D eigenvalue weighted by atomic mass is 32.2. The lowest BCUT2D eigenvalue weighted by atomic mass is 10.1. The molecule has 1 atom stereocenters. The first-order valence-corrected chi connectivity index (χ1v) is 5.52. The van der Waals surface area contributed by atoms with E-state index in [-0.39, 0.29) is 10.5 Å². The maximum absolute atomic E-state index is 10.7. The zero-order valence-corrected chi connectivity index (χ0v) is 8.86. The van der Waals surface area contributed by atoms with Gasteiger partial charge in [-0.3, -0.25) is 4.21 Å². The summed E-state index contributed by atoms with van der Waals surface area (Å²) < 4.78 is 21.5. The van der Waals surface area contributed by atoms with Gasteiger partial charge in [-0.05, 0) is 46.1 Å². The maximum atomic E-state index is 10.7. The third-order valence-corrected chi connectivity index (χ3v) is 2.89. The SMILES string of the molecule is O=C(O)c1ccc2ccc(S(=O)[O-])cc2c1. The lowest BCUT2D eigenvalue weighted by Crippen LogP contribution is -1.95. The molecule has 16 heavy (non-hydrogen) atoms. The quantitative estimate of drug-likeness (QED) is 0.805. The summed E-state index contributed by atoms with van der Waals surface area (Å²) in [5.74, 6) is -1.03. The summed E-state index contributed by atoms with van der Waals surface area (Å²) in [6.45, 7) is 0. The minimum absolute atomic E-state index is 0.140. The van der Waals surface area contributed by atoms with Gasteiger partial charge < -0.3 is 9.66 Å². The molecular formula is C11H7O4S-. The summed E-state index contributed by atoms with van der Waals surface area (Å²) >= 11 is -2.30. The van der Waals surface area contributed by atoms with Gasteiger partial charge in [-0.25, -0.2) is 4.79 Å². The van der Waals surface area contributed by atoms with Crippen molar-refractivity contribution in [2.24, 2.45) is 0 Å². The zero-order chi connectivity index (χ0) is 11.7. The molecule has 0 radical (unpaired) electrons. The minimum atomic E-state index is -2.30. The van der Waals surface area contributed by atoms with Crippen molar-refractivity contribution in [2.75, 3.05) is 0 Å². The van der Waals surface area contributed by atoms with Crippen molar-refractivity contribution >= 4 is 27.8 Å². The fourth-order valence-corrected chi connectivity index (χ4v) is 1.86. The average Bonchev–Trinajstić information content (AvgIpc) is 2.27. The van der Waals surface area contributed by atoms with Gasteiger partial charge in [0.1, 0.15) is 0 Å². The molecule has 0 saturated heterocycles. The molecule has 0 spiro atoms. The smallest absolute Gasteiger partial charge is 0.335 e. The van der Waals surface area contributed by atoms with Crippen LogP contribution in [-0.4, -0.2) is 19.8 Å². The summed E-state index contributed by atoms with van der Waals surface area (Å²) in [6, 6.07) is 9.16. The number of aromatic carboxylic acids is 1. The van der Waals surface area contributed by atoms with Crippen molar-refractivity contribution in [2.45, 2.75) is 4.90 Å². The Morgan fingerprint density at radius 3 is 2.44 bits per heavy atom. The van der Waals surface area contributed by atoms with E-state index in [1.54, 1.807) is 12.1 Å². The van der Waals surface area contributed by atoms with E-state index >= 15 is 0 Å². The second-order valence-corrected chi connectivity index (χ2v) is 4.20. The molecule has 5 heteroatoms. The summed E-state index contributed by atoms with van der Waals surface area (Å²) in [6.07, 6.45) is 0. The first-order chi connectivity index (χ1) is 7.58.